The molecule has 0 bridgehead atoms. The molecule has 4 heteroatoms. The molecule has 2 N–H and O–H groups in total. The van der Waals surface area contributed by atoms with Gasteiger partial charge in [0.15, 0.2) is 0 Å². The molecule has 3 rings (SSSR count). The molecule has 1 aliphatic rings. The van der Waals surface area contributed by atoms with E-state index in [0.29, 0.717) is 12.8 Å². The van der Waals surface area contributed by atoms with Crippen LogP contribution in [0.25, 0.3) is 0 Å². The van der Waals surface area contributed by atoms with Gasteiger partial charge in [-0.05, 0) is 53.6 Å². The second-order valence-corrected chi connectivity index (χ2v) is 8.01. The standard InChI is InChI=1S/C22H26N2O2/c1-14-18-13-17(10-11-19(18)24-21(14)26)23-20(25)12-7-15-5-8-16(9-6-15)22(2,3)4/h5-6,8-11,13-14H,7,12H2,1-4H3,(H,23,25)(H,24,26). The molecule has 26 heavy (non-hydrogen) atoms. The Bertz CT molecular complexity index is 832. The Kier molecular flexibility index (Phi) is 4.86. The highest BCUT2D eigenvalue weighted by Gasteiger charge is 2.26. The third kappa shape index (κ3) is 3.96. The van der Waals surface area contributed by atoms with E-state index in [9.17, 15) is 9.59 Å². The molecule has 1 atom stereocenters. The summed E-state index contributed by atoms with van der Waals surface area (Å²) >= 11 is 0. The van der Waals surface area contributed by atoms with Crippen LogP contribution in [0.15, 0.2) is 42.5 Å². The molecule has 1 aliphatic heterocycles. The van der Waals surface area contributed by atoms with Gasteiger partial charge in [-0.25, -0.2) is 0 Å². The van der Waals surface area contributed by atoms with Crippen molar-refractivity contribution in [2.24, 2.45) is 0 Å². The van der Waals surface area contributed by atoms with Crippen LogP contribution < -0.4 is 10.6 Å². The molecule has 1 heterocycles. The molecule has 0 saturated heterocycles. The van der Waals surface area contributed by atoms with Crippen LogP contribution >= 0.6 is 0 Å². The topological polar surface area (TPSA) is 58.2 Å². The van der Waals surface area contributed by atoms with Gasteiger partial charge < -0.3 is 10.6 Å². The lowest BCUT2D eigenvalue weighted by atomic mass is 9.86. The van der Waals surface area contributed by atoms with Crippen LogP contribution in [0.4, 0.5) is 11.4 Å². The van der Waals surface area contributed by atoms with Gasteiger partial charge in [0.25, 0.3) is 0 Å². The maximum Gasteiger partial charge on any atom is 0.231 e. The van der Waals surface area contributed by atoms with Gasteiger partial charge in [-0.15, -0.1) is 0 Å². The average Bonchev–Trinajstić information content (AvgIpc) is 2.87. The van der Waals surface area contributed by atoms with E-state index in [4.69, 9.17) is 0 Å². The van der Waals surface area contributed by atoms with Crippen LogP contribution in [0.5, 0.6) is 0 Å². The highest BCUT2D eigenvalue weighted by Crippen LogP contribution is 2.34. The Morgan fingerprint density at radius 2 is 1.81 bits per heavy atom. The molecule has 2 amide bonds. The third-order valence-corrected chi connectivity index (χ3v) is 4.91. The van der Waals surface area contributed by atoms with Gasteiger partial charge >= 0.3 is 0 Å². The van der Waals surface area contributed by atoms with Gasteiger partial charge in [0.05, 0.1) is 5.92 Å². The molecular formula is C22H26N2O2. The minimum Gasteiger partial charge on any atom is -0.326 e. The van der Waals surface area contributed by atoms with E-state index < -0.39 is 0 Å². The van der Waals surface area contributed by atoms with Gasteiger partial charge in [-0.3, -0.25) is 9.59 Å². The largest absolute Gasteiger partial charge is 0.326 e. The van der Waals surface area contributed by atoms with Crippen LogP contribution in [0.2, 0.25) is 0 Å². The zero-order chi connectivity index (χ0) is 18.9. The van der Waals surface area contributed by atoms with E-state index in [1.807, 2.05) is 25.1 Å². The molecule has 0 aliphatic carbocycles. The van der Waals surface area contributed by atoms with E-state index in [-0.39, 0.29) is 23.1 Å². The fourth-order valence-electron chi connectivity index (χ4n) is 3.15. The molecule has 2 aromatic rings. The van der Waals surface area contributed by atoms with Crippen LogP contribution in [-0.4, -0.2) is 11.8 Å². The number of hydrogen-bond acceptors (Lipinski definition) is 2. The van der Waals surface area contributed by atoms with Gasteiger partial charge in [-0.1, -0.05) is 45.0 Å². The summed E-state index contributed by atoms with van der Waals surface area (Å²) in [6, 6.07) is 14.0. The smallest absolute Gasteiger partial charge is 0.231 e. The summed E-state index contributed by atoms with van der Waals surface area (Å²) in [6.07, 6.45) is 1.14. The van der Waals surface area contributed by atoms with Crippen molar-refractivity contribution in [2.45, 2.75) is 51.9 Å². The minimum atomic E-state index is -0.178. The van der Waals surface area contributed by atoms with Gasteiger partial charge in [-0.2, -0.15) is 0 Å². The Hall–Kier alpha value is -2.62. The lowest BCUT2D eigenvalue weighted by molar-refractivity contribution is -0.117. The monoisotopic (exact) mass is 350 g/mol. The summed E-state index contributed by atoms with van der Waals surface area (Å²) < 4.78 is 0. The number of carbonyl (C=O) groups is 2. The maximum atomic E-state index is 12.3. The normalized spacial score (nSPS) is 16.2. The second kappa shape index (κ2) is 6.94. The zero-order valence-corrected chi connectivity index (χ0v) is 15.8. The summed E-state index contributed by atoms with van der Waals surface area (Å²) in [7, 11) is 0. The van der Waals surface area contributed by atoms with E-state index in [0.717, 1.165) is 22.5 Å². The molecule has 0 radical (unpaired) electrons. The van der Waals surface area contributed by atoms with Gasteiger partial charge in [0, 0.05) is 17.8 Å². The Morgan fingerprint density at radius 1 is 1.12 bits per heavy atom. The zero-order valence-electron chi connectivity index (χ0n) is 15.8. The molecular weight excluding hydrogens is 324 g/mol. The fraction of sp³-hybridized carbons (Fsp3) is 0.364. The number of nitrogens with one attached hydrogen (secondary N) is 2. The van der Waals surface area contributed by atoms with Crippen molar-refractivity contribution < 1.29 is 9.59 Å². The molecule has 136 valence electrons. The second-order valence-electron chi connectivity index (χ2n) is 8.01. The summed E-state index contributed by atoms with van der Waals surface area (Å²) in [4.78, 5) is 24.0. The number of hydrogen-bond donors (Lipinski definition) is 2. The summed E-state index contributed by atoms with van der Waals surface area (Å²) in [5.41, 5.74) is 5.09. The Labute approximate surface area is 155 Å². The van der Waals surface area contributed by atoms with Crippen molar-refractivity contribution in [3.63, 3.8) is 0 Å². The molecule has 2 aromatic carbocycles. The number of benzene rings is 2. The number of aryl methyl sites for hydroxylation is 1. The van der Waals surface area contributed by atoms with Crippen molar-refractivity contribution in [2.75, 3.05) is 10.6 Å². The quantitative estimate of drug-likeness (QED) is 0.846. The first-order chi connectivity index (χ1) is 12.2. The SMILES string of the molecule is CC1C(=O)Nc2ccc(NC(=O)CCc3ccc(C(C)(C)C)cc3)cc21. The van der Waals surface area contributed by atoms with Crippen molar-refractivity contribution in [3.8, 4) is 0 Å². The molecule has 0 aromatic heterocycles. The van der Waals surface area contributed by atoms with Crippen LogP contribution in [0.1, 0.15) is 56.7 Å². The summed E-state index contributed by atoms with van der Waals surface area (Å²) in [5, 5.41) is 5.77. The molecule has 0 fully saturated rings. The molecule has 1 unspecified atom stereocenters. The van der Waals surface area contributed by atoms with Crippen molar-refractivity contribution in [1.29, 1.82) is 0 Å². The highest BCUT2D eigenvalue weighted by molar-refractivity contribution is 6.03. The van der Waals surface area contributed by atoms with Gasteiger partial charge in [0.2, 0.25) is 11.8 Å². The highest BCUT2D eigenvalue weighted by atomic mass is 16.2. The Morgan fingerprint density at radius 3 is 2.46 bits per heavy atom. The fourth-order valence-corrected chi connectivity index (χ4v) is 3.15. The predicted molar refractivity (Wildman–Crippen MR) is 106 cm³/mol. The van der Waals surface area contributed by atoms with Crippen molar-refractivity contribution >= 4 is 23.2 Å². The first kappa shape index (κ1) is 18.2. The number of carbonyl (C=O) groups excluding carboxylic acids is 2. The Balaban J connectivity index is 1.57. The van der Waals surface area contributed by atoms with Crippen LogP contribution in [-0.2, 0) is 21.4 Å². The first-order valence-electron chi connectivity index (χ1n) is 9.08. The number of anilines is 2. The number of fused-ring (bicyclic) bond motifs is 1. The number of amides is 2. The average molecular weight is 350 g/mol. The minimum absolute atomic E-state index is 0.00202. The van der Waals surface area contributed by atoms with E-state index in [1.54, 1.807) is 0 Å². The number of rotatable bonds is 4. The van der Waals surface area contributed by atoms with Crippen LogP contribution in [0.3, 0.4) is 0 Å². The van der Waals surface area contributed by atoms with Gasteiger partial charge in [0.1, 0.15) is 0 Å². The van der Waals surface area contributed by atoms with E-state index >= 15 is 0 Å². The summed E-state index contributed by atoms with van der Waals surface area (Å²) in [6.45, 7) is 8.44. The lowest BCUT2D eigenvalue weighted by Crippen LogP contribution is -2.13. The van der Waals surface area contributed by atoms with E-state index in [1.165, 1.54) is 5.56 Å². The van der Waals surface area contributed by atoms with E-state index in [2.05, 4.69) is 55.7 Å². The maximum absolute atomic E-state index is 12.3. The lowest BCUT2D eigenvalue weighted by Gasteiger charge is -2.19. The summed E-state index contributed by atoms with van der Waals surface area (Å²) in [5.74, 6) is -0.194. The van der Waals surface area contributed by atoms with Crippen LogP contribution in [0, 0.1) is 0 Å². The van der Waals surface area contributed by atoms with Crippen molar-refractivity contribution in [1.82, 2.24) is 0 Å². The first-order valence-corrected chi connectivity index (χ1v) is 9.08. The molecule has 0 saturated carbocycles. The molecule has 4 nitrogen and oxygen atoms in total. The third-order valence-electron chi connectivity index (χ3n) is 4.91. The molecule has 0 spiro atoms. The van der Waals surface area contributed by atoms with Crippen molar-refractivity contribution in [3.05, 3.63) is 59.2 Å². The predicted octanol–water partition coefficient (Wildman–Crippen LogP) is 4.61.